The standard InChI is InChI=1S/C18H26N4O3/c1-14-20-18(21-25-14)13-22-10-3-4-15(12-22)19-9-11-24-17-7-5-16(23-2)6-8-17/h5-8,15,19H,3-4,9-13H2,1-2H3/t15-/m1/s1. The van der Waals surface area contributed by atoms with E-state index >= 15 is 0 Å². The Morgan fingerprint density at radius 2 is 2.08 bits per heavy atom. The van der Waals surface area contributed by atoms with Crippen molar-refractivity contribution in [3.05, 3.63) is 36.0 Å². The molecule has 0 amide bonds. The van der Waals surface area contributed by atoms with Crippen LogP contribution in [-0.2, 0) is 6.54 Å². The summed E-state index contributed by atoms with van der Waals surface area (Å²) in [5, 5.41) is 7.56. The fourth-order valence-electron chi connectivity index (χ4n) is 3.08. The minimum atomic E-state index is 0.473. The van der Waals surface area contributed by atoms with E-state index in [-0.39, 0.29) is 0 Å². The van der Waals surface area contributed by atoms with Gasteiger partial charge in [-0.25, -0.2) is 0 Å². The highest BCUT2D eigenvalue weighted by atomic mass is 16.5. The summed E-state index contributed by atoms with van der Waals surface area (Å²) in [6.45, 7) is 6.11. The van der Waals surface area contributed by atoms with Gasteiger partial charge in [-0.2, -0.15) is 4.98 Å². The number of aromatic nitrogens is 2. The minimum Gasteiger partial charge on any atom is -0.497 e. The number of piperidine rings is 1. The third kappa shape index (κ3) is 5.44. The van der Waals surface area contributed by atoms with Crippen molar-refractivity contribution in [2.75, 3.05) is 33.4 Å². The molecule has 2 heterocycles. The Morgan fingerprint density at radius 3 is 2.80 bits per heavy atom. The zero-order chi connectivity index (χ0) is 17.5. The SMILES string of the molecule is COc1ccc(OCCN[C@@H]2CCCN(Cc3noc(C)n3)C2)cc1. The summed E-state index contributed by atoms with van der Waals surface area (Å²) in [7, 11) is 1.66. The first-order chi connectivity index (χ1) is 12.2. The Labute approximate surface area is 148 Å². The van der Waals surface area contributed by atoms with E-state index in [2.05, 4.69) is 20.4 Å². The molecule has 0 radical (unpaired) electrons. The maximum atomic E-state index is 5.76. The molecule has 1 aromatic carbocycles. The highest BCUT2D eigenvalue weighted by Gasteiger charge is 2.20. The number of benzene rings is 1. The maximum absolute atomic E-state index is 5.76. The van der Waals surface area contributed by atoms with E-state index in [0.29, 0.717) is 18.5 Å². The van der Waals surface area contributed by atoms with Gasteiger partial charge in [0.15, 0.2) is 5.82 Å². The summed E-state index contributed by atoms with van der Waals surface area (Å²) < 4.78 is 15.9. The van der Waals surface area contributed by atoms with E-state index in [0.717, 1.165) is 43.5 Å². The number of aryl methyl sites for hydroxylation is 1. The van der Waals surface area contributed by atoms with Crippen LogP contribution in [0.5, 0.6) is 11.5 Å². The van der Waals surface area contributed by atoms with Crippen molar-refractivity contribution in [2.24, 2.45) is 0 Å². The zero-order valence-corrected chi connectivity index (χ0v) is 14.9. The molecule has 0 spiro atoms. The molecule has 0 bridgehead atoms. The number of methoxy groups -OCH3 is 1. The number of nitrogens with zero attached hydrogens (tertiary/aromatic N) is 3. The van der Waals surface area contributed by atoms with Gasteiger partial charge in [0.2, 0.25) is 5.89 Å². The summed E-state index contributed by atoms with van der Waals surface area (Å²) in [6, 6.07) is 8.13. The second-order valence-corrected chi connectivity index (χ2v) is 6.28. The van der Waals surface area contributed by atoms with E-state index in [4.69, 9.17) is 14.0 Å². The van der Waals surface area contributed by atoms with Crippen molar-refractivity contribution in [2.45, 2.75) is 32.4 Å². The fourth-order valence-corrected chi connectivity index (χ4v) is 3.08. The lowest BCUT2D eigenvalue weighted by molar-refractivity contribution is 0.173. The largest absolute Gasteiger partial charge is 0.497 e. The van der Waals surface area contributed by atoms with Crippen molar-refractivity contribution in [1.82, 2.24) is 20.4 Å². The van der Waals surface area contributed by atoms with Gasteiger partial charge in [-0.05, 0) is 43.7 Å². The monoisotopic (exact) mass is 346 g/mol. The van der Waals surface area contributed by atoms with Crippen LogP contribution in [0.15, 0.2) is 28.8 Å². The van der Waals surface area contributed by atoms with Crippen LogP contribution in [0.3, 0.4) is 0 Å². The number of hydrogen-bond acceptors (Lipinski definition) is 7. The molecule has 136 valence electrons. The van der Waals surface area contributed by atoms with Crippen molar-refractivity contribution in [3.63, 3.8) is 0 Å². The van der Waals surface area contributed by atoms with Crippen LogP contribution < -0.4 is 14.8 Å². The van der Waals surface area contributed by atoms with Gasteiger partial charge in [-0.3, -0.25) is 4.90 Å². The molecule has 25 heavy (non-hydrogen) atoms. The molecular formula is C18H26N4O3. The number of nitrogens with one attached hydrogen (secondary N) is 1. The van der Waals surface area contributed by atoms with Gasteiger partial charge in [0.25, 0.3) is 0 Å². The smallest absolute Gasteiger partial charge is 0.223 e. The summed E-state index contributed by atoms with van der Waals surface area (Å²) in [4.78, 5) is 6.65. The lowest BCUT2D eigenvalue weighted by Crippen LogP contribution is -2.46. The van der Waals surface area contributed by atoms with E-state index in [1.54, 1.807) is 7.11 Å². The molecule has 0 unspecified atom stereocenters. The quantitative estimate of drug-likeness (QED) is 0.733. The zero-order valence-electron chi connectivity index (χ0n) is 14.9. The predicted octanol–water partition coefficient (Wildman–Crippen LogP) is 2.02. The van der Waals surface area contributed by atoms with E-state index in [9.17, 15) is 0 Å². The Morgan fingerprint density at radius 1 is 1.28 bits per heavy atom. The molecule has 2 aromatic rings. The molecule has 0 saturated carbocycles. The lowest BCUT2D eigenvalue weighted by atomic mass is 10.1. The molecule has 1 fully saturated rings. The number of rotatable bonds is 8. The third-order valence-electron chi connectivity index (χ3n) is 4.30. The highest BCUT2D eigenvalue weighted by Crippen LogP contribution is 2.17. The van der Waals surface area contributed by atoms with Gasteiger partial charge in [-0.1, -0.05) is 5.16 Å². The summed E-state index contributed by atoms with van der Waals surface area (Å²) in [5.41, 5.74) is 0. The molecule has 1 aliphatic rings. The Balaban J connectivity index is 1.36. The Bertz CT molecular complexity index is 644. The molecule has 1 saturated heterocycles. The first-order valence-corrected chi connectivity index (χ1v) is 8.75. The van der Waals surface area contributed by atoms with Crippen molar-refractivity contribution in [3.8, 4) is 11.5 Å². The first-order valence-electron chi connectivity index (χ1n) is 8.75. The first kappa shape index (κ1) is 17.7. The minimum absolute atomic E-state index is 0.473. The van der Waals surface area contributed by atoms with Crippen molar-refractivity contribution in [1.29, 1.82) is 0 Å². The summed E-state index contributed by atoms with van der Waals surface area (Å²) in [5.74, 6) is 3.09. The molecule has 1 aliphatic heterocycles. The topological polar surface area (TPSA) is 72.7 Å². The number of likely N-dealkylation sites (tertiary alicyclic amines) is 1. The lowest BCUT2D eigenvalue weighted by Gasteiger charge is -2.32. The van der Waals surface area contributed by atoms with Crippen molar-refractivity contribution < 1.29 is 14.0 Å². The Hall–Kier alpha value is -2.12. The normalized spacial score (nSPS) is 18.2. The van der Waals surface area contributed by atoms with E-state index in [1.165, 1.54) is 12.8 Å². The molecule has 0 aliphatic carbocycles. The van der Waals surface area contributed by atoms with Gasteiger partial charge in [0.1, 0.15) is 18.1 Å². The van der Waals surface area contributed by atoms with Crippen LogP contribution in [0, 0.1) is 6.92 Å². The number of hydrogen-bond donors (Lipinski definition) is 1. The van der Waals surface area contributed by atoms with E-state index in [1.807, 2.05) is 31.2 Å². The molecule has 7 heteroatoms. The average Bonchev–Trinajstić information content (AvgIpc) is 3.04. The predicted molar refractivity (Wildman–Crippen MR) is 93.8 cm³/mol. The number of ether oxygens (including phenoxy) is 2. The fraction of sp³-hybridized carbons (Fsp3) is 0.556. The molecule has 3 rings (SSSR count). The van der Waals surface area contributed by atoms with Crippen LogP contribution in [0.2, 0.25) is 0 Å². The van der Waals surface area contributed by atoms with Crippen LogP contribution in [0.25, 0.3) is 0 Å². The molecule has 1 aromatic heterocycles. The van der Waals surface area contributed by atoms with Crippen LogP contribution in [0.4, 0.5) is 0 Å². The van der Waals surface area contributed by atoms with E-state index < -0.39 is 0 Å². The average molecular weight is 346 g/mol. The Kier molecular flexibility index (Phi) is 6.25. The maximum Gasteiger partial charge on any atom is 0.223 e. The van der Waals surface area contributed by atoms with Crippen molar-refractivity contribution >= 4 is 0 Å². The third-order valence-corrected chi connectivity index (χ3v) is 4.30. The van der Waals surface area contributed by atoms with Gasteiger partial charge >= 0.3 is 0 Å². The molecule has 1 N–H and O–H groups in total. The van der Waals surface area contributed by atoms with Gasteiger partial charge in [-0.15, -0.1) is 0 Å². The van der Waals surface area contributed by atoms with Gasteiger partial charge in [0.05, 0.1) is 13.7 Å². The molecule has 1 atom stereocenters. The van der Waals surface area contributed by atoms with Gasteiger partial charge < -0.3 is 19.3 Å². The van der Waals surface area contributed by atoms with Gasteiger partial charge in [0, 0.05) is 26.1 Å². The van der Waals surface area contributed by atoms with Crippen LogP contribution in [-0.4, -0.2) is 54.4 Å². The van der Waals surface area contributed by atoms with Crippen LogP contribution >= 0.6 is 0 Å². The summed E-state index contributed by atoms with van der Waals surface area (Å²) in [6.07, 6.45) is 2.36. The second kappa shape index (κ2) is 8.82. The highest BCUT2D eigenvalue weighted by molar-refractivity contribution is 5.31. The summed E-state index contributed by atoms with van der Waals surface area (Å²) >= 11 is 0. The second-order valence-electron chi connectivity index (χ2n) is 6.28. The molecule has 7 nitrogen and oxygen atoms in total. The molecular weight excluding hydrogens is 320 g/mol. The van der Waals surface area contributed by atoms with Crippen LogP contribution in [0.1, 0.15) is 24.6 Å².